The standard InChI is InChI=1S/C20H26N2O4S/c1-14-6-9-17(10-7-14)13-21-20(23)16(3)22(27(5,24)25)18-12-15(2)8-11-19(18)26-4/h6-12,16H,13H2,1-5H3,(H,21,23). The molecule has 2 rings (SSSR count). The van der Waals surface area contributed by atoms with E-state index in [1.165, 1.54) is 7.11 Å². The highest BCUT2D eigenvalue weighted by atomic mass is 32.2. The van der Waals surface area contributed by atoms with Crippen LogP contribution in [0.15, 0.2) is 42.5 Å². The number of nitrogens with one attached hydrogen (secondary N) is 1. The summed E-state index contributed by atoms with van der Waals surface area (Å²) in [4.78, 5) is 12.7. The molecule has 2 aromatic rings. The lowest BCUT2D eigenvalue weighted by atomic mass is 10.1. The van der Waals surface area contributed by atoms with E-state index in [-0.39, 0.29) is 5.91 Å². The number of methoxy groups -OCH3 is 1. The summed E-state index contributed by atoms with van der Waals surface area (Å²) in [5.74, 6) is 0.00812. The number of benzene rings is 2. The number of rotatable bonds is 7. The lowest BCUT2D eigenvalue weighted by Gasteiger charge is -2.29. The highest BCUT2D eigenvalue weighted by Crippen LogP contribution is 2.32. The first kappa shape index (κ1) is 20.8. The summed E-state index contributed by atoms with van der Waals surface area (Å²) in [5.41, 5.74) is 3.29. The Hall–Kier alpha value is -2.54. The van der Waals surface area contributed by atoms with Crippen molar-refractivity contribution in [2.75, 3.05) is 17.7 Å². The molecule has 1 N–H and O–H groups in total. The molecule has 0 saturated carbocycles. The van der Waals surface area contributed by atoms with Crippen LogP contribution in [0, 0.1) is 13.8 Å². The van der Waals surface area contributed by atoms with Gasteiger partial charge in [-0.05, 0) is 44.0 Å². The summed E-state index contributed by atoms with van der Waals surface area (Å²) in [5, 5.41) is 2.81. The van der Waals surface area contributed by atoms with Gasteiger partial charge in [-0.2, -0.15) is 0 Å². The quantitative estimate of drug-likeness (QED) is 0.789. The summed E-state index contributed by atoms with van der Waals surface area (Å²) in [6.07, 6.45) is 1.08. The molecule has 0 aromatic heterocycles. The van der Waals surface area contributed by atoms with Gasteiger partial charge in [0, 0.05) is 6.54 Å². The Bertz CT molecular complexity index is 908. The van der Waals surface area contributed by atoms with Crippen LogP contribution in [0.1, 0.15) is 23.6 Å². The Morgan fingerprint density at radius 2 is 1.70 bits per heavy atom. The molecule has 0 spiro atoms. The van der Waals surface area contributed by atoms with Crippen molar-refractivity contribution in [1.82, 2.24) is 5.32 Å². The van der Waals surface area contributed by atoms with Crippen LogP contribution in [0.2, 0.25) is 0 Å². The average molecular weight is 391 g/mol. The molecular formula is C20H26N2O4S. The zero-order chi connectivity index (χ0) is 20.2. The molecule has 0 bridgehead atoms. The molecule has 0 saturated heterocycles. The second kappa shape index (κ2) is 8.43. The van der Waals surface area contributed by atoms with Crippen molar-refractivity contribution in [2.24, 2.45) is 0 Å². The molecule has 6 nitrogen and oxygen atoms in total. The lowest BCUT2D eigenvalue weighted by Crippen LogP contribution is -2.47. The Morgan fingerprint density at radius 3 is 2.26 bits per heavy atom. The molecule has 1 atom stereocenters. The average Bonchev–Trinajstić information content (AvgIpc) is 2.60. The van der Waals surface area contributed by atoms with Gasteiger partial charge >= 0.3 is 0 Å². The van der Waals surface area contributed by atoms with Crippen molar-refractivity contribution in [3.8, 4) is 5.75 Å². The number of amides is 1. The summed E-state index contributed by atoms with van der Waals surface area (Å²) in [6.45, 7) is 5.73. The van der Waals surface area contributed by atoms with E-state index in [1.54, 1.807) is 19.1 Å². The molecule has 0 radical (unpaired) electrons. The largest absolute Gasteiger partial charge is 0.495 e. The van der Waals surface area contributed by atoms with E-state index in [2.05, 4.69) is 5.32 Å². The van der Waals surface area contributed by atoms with Gasteiger partial charge in [-0.15, -0.1) is 0 Å². The third-order valence-electron chi connectivity index (χ3n) is 4.25. The van der Waals surface area contributed by atoms with Crippen LogP contribution in [-0.4, -0.2) is 33.7 Å². The van der Waals surface area contributed by atoms with Crippen molar-refractivity contribution in [2.45, 2.75) is 33.4 Å². The minimum atomic E-state index is -3.71. The van der Waals surface area contributed by atoms with E-state index >= 15 is 0 Å². The number of sulfonamides is 1. The van der Waals surface area contributed by atoms with Crippen molar-refractivity contribution in [3.63, 3.8) is 0 Å². The van der Waals surface area contributed by atoms with Gasteiger partial charge in [-0.1, -0.05) is 35.9 Å². The van der Waals surface area contributed by atoms with E-state index < -0.39 is 16.1 Å². The van der Waals surface area contributed by atoms with Crippen LogP contribution in [-0.2, 0) is 21.4 Å². The fourth-order valence-corrected chi connectivity index (χ4v) is 3.97. The molecule has 7 heteroatoms. The predicted molar refractivity (Wildman–Crippen MR) is 108 cm³/mol. The maximum Gasteiger partial charge on any atom is 0.243 e. The number of hydrogen-bond acceptors (Lipinski definition) is 4. The molecule has 1 amide bonds. The molecule has 0 heterocycles. The van der Waals surface area contributed by atoms with Crippen LogP contribution in [0.4, 0.5) is 5.69 Å². The van der Waals surface area contributed by atoms with Crippen LogP contribution in [0.25, 0.3) is 0 Å². The molecule has 146 valence electrons. The SMILES string of the molecule is COc1ccc(C)cc1N(C(C)C(=O)NCc1ccc(C)cc1)S(C)(=O)=O. The van der Waals surface area contributed by atoms with Gasteiger partial charge in [0.2, 0.25) is 15.9 Å². The number of anilines is 1. The summed E-state index contributed by atoms with van der Waals surface area (Å²) in [6, 6.07) is 12.1. The maximum absolute atomic E-state index is 12.7. The van der Waals surface area contributed by atoms with E-state index in [9.17, 15) is 13.2 Å². The Kier molecular flexibility index (Phi) is 6.49. The van der Waals surface area contributed by atoms with Crippen LogP contribution in [0.3, 0.4) is 0 Å². The third-order valence-corrected chi connectivity index (χ3v) is 5.48. The van der Waals surface area contributed by atoms with Crippen molar-refractivity contribution >= 4 is 21.6 Å². The van der Waals surface area contributed by atoms with Crippen LogP contribution < -0.4 is 14.4 Å². The molecule has 0 fully saturated rings. The topological polar surface area (TPSA) is 75.7 Å². The highest BCUT2D eigenvalue weighted by molar-refractivity contribution is 7.92. The molecule has 0 aliphatic carbocycles. The summed E-state index contributed by atoms with van der Waals surface area (Å²) >= 11 is 0. The van der Waals surface area contributed by atoms with E-state index in [0.717, 1.165) is 27.3 Å². The Labute approximate surface area is 161 Å². The zero-order valence-corrected chi connectivity index (χ0v) is 17.1. The Morgan fingerprint density at radius 1 is 1.11 bits per heavy atom. The van der Waals surface area contributed by atoms with E-state index in [1.807, 2.05) is 44.2 Å². The zero-order valence-electron chi connectivity index (χ0n) is 16.3. The molecule has 27 heavy (non-hydrogen) atoms. The number of ether oxygens (including phenoxy) is 1. The number of carbonyl (C=O) groups is 1. The van der Waals surface area contributed by atoms with Crippen LogP contribution >= 0.6 is 0 Å². The van der Waals surface area contributed by atoms with Crippen LogP contribution in [0.5, 0.6) is 5.75 Å². The van der Waals surface area contributed by atoms with Gasteiger partial charge in [-0.3, -0.25) is 9.10 Å². The highest BCUT2D eigenvalue weighted by Gasteiger charge is 2.31. The number of carbonyl (C=O) groups excluding carboxylic acids is 1. The van der Waals surface area contributed by atoms with Gasteiger partial charge in [0.15, 0.2) is 0 Å². The molecule has 0 aliphatic heterocycles. The van der Waals surface area contributed by atoms with Crippen molar-refractivity contribution < 1.29 is 17.9 Å². The smallest absolute Gasteiger partial charge is 0.243 e. The number of aryl methyl sites for hydroxylation is 2. The van der Waals surface area contributed by atoms with Crippen molar-refractivity contribution in [1.29, 1.82) is 0 Å². The first-order valence-corrected chi connectivity index (χ1v) is 10.5. The van der Waals surface area contributed by atoms with Gasteiger partial charge in [0.1, 0.15) is 11.8 Å². The molecular weight excluding hydrogens is 364 g/mol. The third kappa shape index (κ3) is 5.23. The number of hydrogen-bond donors (Lipinski definition) is 1. The fourth-order valence-electron chi connectivity index (χ4n) is 2.80. The monoisotopic (exact) mass is 390 g/mol. The second-order valence-corrected chi connectivity index (χ2v) is 8.47. The Balaban J connectivity index is 2.27. The molecule has 2 aromatic carbocycles. The van der Waals surface area contributed by atoms with Gasteiger partial charge in [0.05, 0.1) is 19.1 Å². The fraction of sp³-hybridized carbons (Fsp3) is 0.350. The summed E-state index contributed by atoms with van der Waals surface area (Å²) in [7, 11) is -2.24. The second-order valence-electron chi connectivity index (χ2n) is 6.61. The van der Waals surface area contributed by atoms with Gasteiger partial charge in [0.25, 0.3) is 0 Å². The first-order valence-electron chi connectivity index (χ1n) is 8.60. The van der Waals surface area contributed by atoms with Crippen molar-refractivity contribution in [3.05, 3.63) is 59.2 Å². The molecule has 1 unspecified atom stereocenters. The summed E-state index contributed by atoms with van der Waals surface area (Å²) < 4.78 is 31.3. The molecule has 0 aliphatic rings. The van der Waals surface area contributed by atoms with E-state index in [0.29, 0.717) is 18.0 Å². The first-order chi connectivity index (χ1) is 12.6. The maximum atomic E-state index is 12.7. The minimum absolute atomic E-state index is 0.325. The van der Waals surface area contributed by atoms with Gasteiger partial charge < -0.3 is 10.1 Å². The minimum Gasteiger partial charge on any atom is -0.495 e. The lowest BCUT2D eigenvalue weighted by molar-refractivity contribution is -0.122. The predicted octanol–water partition coefficient (Wildman–Crippen LogP) is 2.78. The van der Waals surface area contributed by atoms with E-state index in [4.69, 9.17) is 4.74 Å². The van der Waals surface area contributed by atoms with Gasteiger partial charge in [-0.25, -0.2) is 8.42 Å². The normalized spacial score (nSPS) is 12.3. The number of nitrogens with zero attached hydrogens (tertiary/aromatic N) is 1.